The quantitative estimate of drug-likeness (QED) is 0.780. The Balaban J connectivity index is 2.48. The van der Waals surface area contributed by atoms with Gasteiger partial charge in [-0.15, -0.1) is 5.10 Å². The molecule has 84 valence electrons. The van der Waals surface area contributed by atoms with Gasteiger partial charge in [-0.1, -0.05) is 37.1 Å². The van der Waals surface area contributed by atoms with Crippen molar-refractivity contribution < 1.29 is 0 Å². The lowest BCUT2D eigenvalue weighted by atomic mass is 10.1. The Morgan fingerprint density at radius 3 is 2.38 bits per heavy atom. The summed E-state index contributed by atoms with van der Waals surface area (Å²) in [5.74, 6) is 0. The molecule has 0 N–H and O–H groups in total. The van der Waals surface area contributed by atoms with E-state index in [1.54, 1.807) is 4.68 Å². The normalized spacial score (nSPS) is 10.8. The molecule has 2 aromatic rings. The first-order valence-corrected chi connectivity index (χ1v) is 6.77. The monoisotopic (exact) mass is 343 g/mol. The minimum atomic E-state index is 0.724. The summed E-state index contributed by atoms with van der Waals surface area (Å²) in [5.41, 5.74) is 4.37. The van der Waals surface area contributed by atoms with E-state index in [0.717, 1.165) is 21.2 Å². The predicted molar refractivity (Wildman–Crippen MR) is 71.2 cm³/mol. The van der Waals surface area contributed by atoms with Crippen LogP contribution in [0.4, 0.5) is 0 Å². The van der Waals surface area contributed by atoms with Gasteiger partial charge in [-0.05, 0) is 37.1 Å². The van der Waals surface area contributed by atoms with Crippen LogP contribution in [0.15, 0.2) is 22.8 Å². The van der Waals surface area contributed by atoms with Crippen LogP contribution in [0.5, 0.6) is 0 Å². The molecule has 16 heavy (non-hydrogen) atoms. The van der Waals surface area contributed by atoms with Gasteiger partial charge in [0.25, 0.3) is 0 Å². The van der Waals surface area contributed by atoms with Crippen molar-refractivity contribution in [3.63, 3.8) is 0 Å². The molecule has 0 radical (unpaired) electrons. The molecule has 0 fully saturated rings. The van der Waals surface area contributed by atoms with Crippen LogP contribution in [0.25, 0.3) is 5.69 Å². The van der Waals surface area contributed by atoms with Gasteiger partial charge in [-0.3, -0.25) is 0 Å². The van der Waals surface area contributed by atoms with E-state index in [-0.39, 0.29) is 0 Å². The van der Waals surface area contributed by atoms with Crippen molar-refractivity contribution >= 4 is 31.9 Å². The van der Waals surface area contributed by atoms with Crippen LogP contribution < -0.4 is 0 Å². The van der Waals surface area contributed by atoms with Crippen molar-refractivity contribution in [1.29, 1.82) is 0 Å². The van der Waals surface area contributed by atoms with Crippen molar-refractivity contribution in [3.8, 4) is 5.69 Å². The van der Waals surface area contributed by atoms with Crippen LogP contribution in [-0.2, 0) is 5.33 Å². The number of hydrogen-bond donors (Lipinski definition) is 0. The van der Waals surface area contributed by atoms with Crippen molar-refractivity contribution in [3.05, 3.63) is 39.6 Å². The maximum atomic E-state index is 4.09. The zero-order valence-corrected chi connectivity index (χ0v) is 12.2. The predicted octanol–water partition coefficient (Wildman–Crippen LogP) is 3.54. The van der Waals surface area contributed by atoms with E-state index >= 15 is 0 Å². The van der Waals surface area contributed by atoms with Crippen molar-refractivity contribution in [1.82, 2.24) is 15.0 Å². The third-order valence-electron chi connectivity index (χ3n) is 2.36. The van der Waals surface area contributed by atoms with Gasteiger partial charge in [0.2, 0.25) is 0 Å². The molecule has 0 saturated carbocycles. The fraction of sp³-hybridized carbons (Fsp3) is 0.273. The topological polar surface area (TPSA) is 30.7 Å². The molecule has 0 aliphatic heterocycles. The Labute approximate surface area is 111 Å². The molecule has 0 unspecified atom stereocenters. The molecule has 0 atom stereocenters. The number of alkyl halides is 1. The highest BCUT2D eigenvalue weighted by molar-refractivity contribution is 9.10. The van der Waals surface area contributed by atoms with Gasteiger partial charge in [0.15, 0.2) is 0 Å². The second-order valence-corrected chi connectivity index (χ2v) is 5.04. The van der Waals surface area contributed by atoms with E-state index in [0.29, 0.717) is 0 Å². The van der Waals surface area contributed by atoms with Gasteiger partial charge in [-0.25, -0.2) is 4.68 Å². The fourth-order valence-electron chi connectivity index (χ4n) is 1.54. The van der Waals surface area contributed by atoms with E-state index < -0.39 is 0 Å². The van der Waals surface area contributed by atoms with E-state index in [1.165, 1.54) is 11.1 Å². The molecule has 3 nitrogen and oxygen atoms in total. The summed E-state index contributed by atoms with van der Waals surface area (Å²) in [4.78, 5) is 0. The van der Waals surface area contributed by atoms with Crippen LogP contribution in [0.2, 0.25) is 0 Å². The zero-order chi connectivity index (χ0) is 11.7. The number of hydrogen-bond acceptors (Lipinski definition) is 2. The smallest absolute Gasteiger partial charge is 0.0937 e. The van der Waals surface area contributed by atoms with Crippen molar-refractivity contribution in [2.75, 3.05) is 0 Å². The van der Waals surface area contributed by atoms with Gasteiger partial charge >= 0.3 is 0 Å². The Bertz CT molecular complexity index is 497. The number of nitrogens with zero attached hydrogens (tertiary/aromatic N) is 3. The van der Waals surface area contributed by atoms with E-state index in [9.17, 15) is 0 Å². The standard InChI is InChI=1S/C11H11Br2N3/c1-7-3-10(4-8(2)11(7)13)16-6-9(5-12)14-15-16/h3-4,6H,5H2,1-2H3. The van der Waals surface area contributed by atoms with E-state index in [4.69, 9.17) is 0 Å². The summed E-state index contributed by atoms with van der Waals surface area (Å²) < 4.78 is 2.94. The molecular weight excluding hydrogens is 334 g/mol. The molecule has 1 aromatic carbocycles. The third-order valence-corrected chi connectivity index (χ3v) is 4.19. The number of aromatic nitrogens is 3. The third kappa shape index (κ3) is 2.20. The minimum Gasteiger partial charge on any atom is -0.220 e. The van der Waals surface area contributed by atoms with Crippen molar-refractivity contribution in [2.45, 2.75) is 19.2 Å². The lowest BCUT2D eigenvalue weighted by molar-refractivity contribution is 0.799. The van der Waals surface area contributed by atoms with Gasteiger partial charge in [0.1, 0.15) is 0 Å². The van der Waals surface area contributed by atoms with Crippen LogP contribution in [0.3, 0.4) is 0 Å². The molecule has 5 heteroatoms. The van der Waals surface area contributed by atoms with Crippen LogP contribution in [-0.4, -0.2) is 15.0 Å². The Kier molecular flexibility index (Phi) is 3.44. The summed E-state index contributed by atoms with van der Waals surface area (Å²) in [7, 11) is 0. The second kappa shape index (κ2) is 4.67. The highest BCUT2D eigenvalue weighted by Gasteiger charge is 2.06. The molecule has 0 saturated heterocycles. The van der Waals surface area contributed by atoms with Crippen LogP contribution >= 0.6 is 31.9 Å². The highest BCUT2D eigenvalue weighted by Crippen LogP contribution is 2.24. The van der Waals surface area contributed by atoms with E-state index in [1.807, 2.05) is 6.20 Å². The molecule has 0 aliphatic carbocycles. The number of aryl methyl sites for hydroxylation is 2. The summed E-state index contributed by atoms with van der Waals surface area (Å²) in [6.07, 6.45) is 1.93. The summed E-state index contributed by atoms with van der Waals surface area (Å²) in [5, 5.41) is 8.86. The van der Waals surface area contributed by atoms with Crippen LogP contribution in [0, 0.1) is 13.8 Å². The van der Waals surface area contributed by atoms with Gasteiger partial charge in [0, 0.05) is 9.80 Å². The molecule has 0 aliphatic rings. The van der Waals surface area contributed by atoms with Gasteiger partial charge in [-0.2, -0.15) is 0 Å². The number of rotatable bonds is 2. The zero-order valence-electron chi connectivity index (χ0n) is 9.04. The Morgan fingerprint density at radius 1 is 1.25 bits per heavy atom. The molecule has 0 amide bonds. The summed E-state index contributed by atoms with van der Waals surface area (Å²) >= 11 is 6.91. The first kappa shape index (κ1) is 11.8. The fourth-order valence-corrected chi connectivity index (χ4v) is 2.03. The molecule has 1 heterocycles. The second-order valence-electron chi connectivity index (χ2n) is 3.68. The summed E-state index contributed by atoms with van der Waals surface area (Å²) in [6.45, 7) is 4.14. The maximum absolute atomic E-state index is 4.09. The first-order valence-electron chi connectivity index (χ1n) is 4.86. The highest BCUT2D eigenvalue weighted by atomic mass is 79.9. The SMILES string of the molecule is Cc1cc(-n2cc(CBr)nn2)cc(C)c1Br. The Morgan fingerprint density at radius 2 is 1.88 bits per heavy atom. The maximum Gasteiger partial charge on any atom is 0.0937 e. The molecule has 1 aromatic heterocycles. The molecule has 0 bridgehead atoms. The Hall–Kier alpha value is -0.680. The van der Waals surface area contributed by atoms with Crippen molar-refractivity contribution in [2.24, 2.45) is 0 Å². The average Bonchev–Trinajstić information content (AvgIpc) is 2.73. The van der Waals surface area contributed by atoms with Gasteiger partial charge in [0.05, 0.1) is 17.6 Å². The minimum absolute atomic E-state index is 0.724. The lowest BCUT2D eigenvalue weighted by Gasteiger charge is -2.07. The molecular formula is C11H11Br2N3. The summed E-state index contributed by atoms with van der Waals surface area (Å²) in [6, 6.07) is 4.17. The first-order chi connectivity index (χ1) is 7.61. The number of halogens is 2. The number of benzene rings is 1. The average molecular weight is 345 g/mol. The lowest BCUT2D eigenvalue weighted by Crippen LogP contribution is -1.97. The van der Waals surface area contributed by atoms with Gasteiger partial charge < -0.3 is 0 Å². The largest absolute Gasteiger partial charge is 0.220 e. The molecule has 2 rings (SSSR count). The van der Waals surface area contributed by atoms with E-state index in [2.05, 4.69) is 68.2 Å². The molecule has 0 spiro atoms. The van der Waals surface area contributed by atoms with Crippen LogP contribution in [0.1, 0.15) is 16.8 Å².